The number of nitrogens with zero attached hydrogens (tertiary/aromatic N) is 4. The van der Waals surface area contributed by atoms with Crippen molar-refractivity contribution in [1.82, 2.24) is 14.1 Å². The fourth-order valence-corrected chi connectivity index (χ4v) is 5.35. The first kappa shape index (κ1) is 22.6. The van der Waals surface area contributed by atoms with Crippen LogP contribution in [-0.4, -0.2) is 19.9 Å². The van der Waals surface area contributed by atoms with Crippen LogP contribution in [0.4, 0.5) is 0 Å². The standard InChI is InChI=1S/C32H21N5O2/c1-36-26-17-21(16-24-29(25(34)18-33)22-12-6-7-13-23(22)30(24)38)37(20-10-3-2-4-11-20)31(26)35-32(36)28-15-19-9-5-8-14-27(19)39-28/h2-17H,34H2,1H3/b24-16-,29-25+. The number of carbonyl (C=O) groups excluding carboxylic acids is 1. The summed E-state index contributed by atoms with van der Waals surface area (Å²) in [5, 5.41) is 10.6. The lowest BCUT2D eigenvalue weighted by atomic mass is 10.0. The molecule has 0 saturated heterocycles. The van der Waals surface area contributed by atoms with E-state index >= 15 is 0 Å². The third kappa shape index (κ3) is 3.36. The molecule has 0 bridgehead atoms. The molecule has 2 N–H and O–H groups in total. The largest absolute Gasteiger partial charge is 0.453 e. The maximum Gasteiger partial charge on any atom is 0.194 e. The van der Waals surface area contributed by atoms with Crippen LogP contribution in [0.5, 0.6) is 0 Å². The Morgan fingerprint density at radius 1 is 0.974 bits per heavy atom. The molecular weight excluding hydrogens is 486 g/mol. The van der Waals surface area contributed by atoms with Gasteiger partial charge in [-0.2, -0.15) is 5.26 Å². The molecule has 0 aliphatic heterocycles. The van der Waals surface area contributed by atoms with Gasteiger partial charge in [-0.05, 0) is 42.0 Å². The molecule has 3 aromatic carbocycles. The van der Waals surface area contributed by atoms with Crippen LogP contribution in [0.1, 0.15) is 21.6 Å². The normalized spacial score (nSPS) is 15.3. The highest BCUT2D eigenvalue weighted by atomic mass is 16.3. The van der Waals surface area contributed by atoms with Crippen molar-refractivity contribution >= 4 is 39.6 Å². The number of imidazole rings is 1. The third-order valence-electron chi connectivity index (χ3n) is 7.17. The van der Waals surface area contributed by atoms with Crippen molar-refractivity contribution in [2.45, 2.75) is 0 Å². The number of para-hydroxylation sites is 2. The second-order valence-corrected chi connectivity index (χ2v) is 9.43. The first-order valence-corrected chi connectivity index (χ1v) is 12.4. The Labute approximate surface area is 223 Å². The molecule has 3 heterocycles. The van der Waals surface area contributed by atoms with Gasteiger partial charge in [-0.25, -0.2) is 4.98 Å². The van der Waals surface area contributed by atoms with Gasteiger partial charge in [-0.1, -0.05) is 60.7 Å². The summed E-state index contributed by atoms with van der Waals surface area (Å²) >= 11 is 0. The van der Waals surface area contributed by atoms with E-state index < -0.39 is 0 Å². The fraction of sp³-hybridized carbons (Fsp3) is 0.0312. The van der Waals surface area contributed by atoms with Gasteiger partial charge in [0.05, 0.1) is 11.2 Å². The zero-order valence-corrected chi connectivity index (χ0v) is 20.9. The second kappa shape index (κ2) is 8.47. The molecule has 1 aliphatic rings. The maximum atomic E-state index is 13.5. The van der Waals surface area contributed by atoms with E-state index in [2.05, 4.69) is 0 Å². The maximum absolute atomic E-state index is 13.5. The molecule has 0 atom stereocenters. The monoisotopic (exact) mass is 507 g/mol. The number of rotatable bonds is 3. The van der Waals surface area contributed by atoms with Crippen molar-refractivity contribution in [2.24, 2.45) is 12.8 Å². The van der Waals surface area contributed by atoms with Gasteiger partial charge in [-0.15, -0.1) is 0 Å². The number of furan rings is 1. The number of nitrogens with two attached hydrogens (primary N) is 1. The molecule has 7 nitrogen and oxygen atoms in total. The average Bonchev–Trinajstić information content (AvgIpc) is 3.70. The van der Waals surface area contributed by atoms with Gasteiger partial charge in [0, 0.05) is 34.8 Å². The van der Waals surface area contributed by atoms with Crippen molar-refractivity contribution in [3.05, 3.63) is 119 Å². The number of fused-ring (bicyclic) bond motifs is 3. The van der Waals surface area contributed by atoms with E-state index in [1.165, 1.54) is 0 Å². The van der Waals surface area contributed by atoms with E-state index in [0.29, 0.717) is 39.5 Å². The molecule has 6 aromatic rings. The van der Waals surface area contributed by atoms with Gasteiger partial charge in [0.25, 0.3) is 0 Å². The second-order valence-electron chi connectivity index (χ2n) is 9.43. The number of allylic oxidation sites excluding steroid dienone is 3. The predicted octanol–water partition coefficient (Wildman–Crippen LogP) is 6.25. The number of Topliss-reactive ketones (excluding diaryl/α,β-unsaturated/α-hetero) is 1. The van der Waals surface area contributed by atoms with Crippen LogP contribution < -0.4 is 5.73 Å². The van der Waals surface area contributed by atoms with E-state index in [4.69, 9.17) is 15.1 Å². The smallest absolute Gasteiger partial charge is 0.194 e. The Balaban J connectivity index is 1.47. The van der Waals surface area contributed by atoms with Gasteiger partial charge in [0.1, 0.15) is 17.3 Å². The lowest BCUT2D eigenvalue weighted by Gasteiger charge is -2.09. The summed E-state index contributed by atoms with van der Waals surface area (Å²) in [6.45, 7) is 0. The van der Waals surface area contributed by atoms with E-state index in [9.17, 15) is 10.1 Å². The van der Waals surface area contributed by atoms with Gasteiger partial charge < -0.3 is 14.7 Å². The minimum Gasteiger partial charge on any atom is -0.453 e. The Morgan fingerprint density at radius 2 is 1.69 bits per heavy atom. The van der Waals surface area contributed by atoms with Crippen LogP contribution in [0.15, 0.2) is 107 Å². The first-order chi connectivity index (χ1) is 19.0. The van der Waals surface area contributed by atoms with Crippen LogP contribution >= 0.6 is 0 Å². The molecule has 39 heavy (non-hydrogen) atoms. The Morgan fingerprint density at radius 3 is 2.46 bits per heavy atom. The number of aromatic nitrogens is 3. The molecule has 0 spiro atoms. The SMILES string of the molecule is Cn1c(-c2cc3ccccc3o2)nc2c1cc(/C=C1\C(=O)c3ccccc3\C1=C(/N)C#N)n2-c1ccccc1. The van der Waals surface area contributed by atoms with Crippen molar-refractivity contribution in [2.75, 3.05) is 0 Å². The molecule has 0 fully saturated rings. The summed E-state index contributed by atoms with van der Waals surface area (Å²) in [4.78, 5) is 18.5. The zero-order valence-electron chi connectivity index (χ0n) is 20.9. The van der Waals surface area contributed by atoms with Gasteiger partial charge in [0.2, 0.25) is 0 Å². The number of ketones is 1. The van der Waals surface area contributed by atoms with Gasteiger partial charge in [0.15, 0.2) is 23.0 Å². The quantitative estimate of drug-likeness (QED) is 0.225. The summed E-state index contributed by atoms with van der Waals surface area (Å²) in [6.07, 6.45) is 1.80. The highest BCUT2D eigenvalue weighted by molar-refractivity contribution is 6.29. The minimum absolute atomic E-state index is 0.00668. The third-order valence-corrected chi connectivity index (χ3v) is 7.17. The molecule has 0 unspecified atom stereocenters. The lowest BCUT2D eigenvalue weighted by molar-refractivity contribution is 0.104. The molecule has 7 heteroatoms. The molecular formula is C32H21N5O2. The molecule has 1 aliphatic carbocycles. The molecule has 186 valence electrons. The molecule has 0 amide bonds. The Bertz CT molecular complexity index is 2030. The molecule has 0 radical (unpaired) electrons. The number of nitriles is 1. The number of hydrogen-bond donors (Lipinski definition) is 1. The van der Waals surface area contributed by atoms with Crippen LogP contribution in [0, 0.1) is 11.3 Å². The summed E-state index contributed by atoms with van der Waals surface area (Å²) in [6, 6.07) is 30.9. The summed E-state index contributed by atoms with van der Waals surface area (Å²) in [5.41, 5.74) is 12.2. The average molecular weight is 508 g/mol. The van der Waals surface area contributed by atoms with E-state index in [0.717, 1.165) is 27.9 Å². The van der Waals surface area contributed by atoms with E-state index in [-0.39, 0.29) is 11.5 Å². The summed E-state index contributed by atoms with van der Waals surface area (Å²) < 4.78 is 10.1. The summed E-state index contributed by atoms with van der Waals surface area (Å²) in [7, 11) is 1.94. The van der Waals surface area contributed by atoms with Crippen LogP contribution in [0.3, 0.4) is 0 Å². The summed E-state index contributed by atoms with van der Waals surface area (Å²) in [5.74, 6) is 1.20. The highest BCUT2D eigenvalue weighted by Crippen LogP contribution is 2.40. The van der Waals surface area contributed by atoms with E-state index in [1.807, 2.05) is 107 Å². The highest BCUT2D eigenvalue weighted by Gasteiger charge is 2.32. The Hall–Kier alpha value is -5.61. The topological polar surface area (TPSA) is 103 Å². The predicted molar refractivity (Wildman–Crippen MR) is 151 cm³/mol. The van der Waals surface area contributed by atoms with Gasteiger partial charge in [-0.3, -0.25) is 9.36 Å². The van der Waals surface area contributed by atoms with Crippen molar-refractivity contribution in [1.29, 1.82) is 5.26 Å². The fourth-order valence-electron chi connectivity index (χ4n) is 5.35. The molecule has 0 saturated carbocycles. The van der Waals surface area contributed by atoms with Crippen LogP contribution in [-0.2, 0) is 7.05 Å². The first-order valence-electron chi connectivity index (χ1n) is 12.4. The van der Waals surface area contributed by atoms with Crippen LogP contribution in [0.2, 0.25) is 0 Å². The molecule has 7 rings (SSSR count). The number of hydrogen-bond acceptors (Lipinski definition) is 5. The van der Waals surface area contributed by atoms with Crippen molar-refractivity contribution in [3.8, 4) is 23.3 Å². The minimum atomic E-state index is -0.167. The van der Waals surface area contributed by atoms with Gasteiger partial charge >= 0.3 is 0 Å². The Kier molecular flexibility index (Phi) is 4.90. The number of aryl methyl sites for hydroxylation is 1. The molecule has 3 aromatic heterocycles. The lowest BCUT2D eigenvalue weighted by Crippen LogP contribution is -2.03. The zero-order chi connectivity index (χ0) is 26.7. The van der Waals surface area contributed by atoms with Crippen LogP contribution in [0.25, 0.3) is 51.1 Å². The number of carbonyl (C=O) groups is 1. The van der Waals surface area contributed by atoms with E-state index in [1.54, 1.807) is 12.1 Å². The number of benzene rings is 3. The van der Waals surface area contributed by atoms with Crippen molar-refractivity contribution < 1.29 is 9.21 Å². The van der Waals surface area contributed by atoms with Crippen molar-refractivity contribution in [3.63, 3.8) is 0 Å².